The normalized spacial score (nSPS) is 16.2. The molecule has 0 bridgehead atoms. The third-order valence-electron chi connectivity index (χ3n) is 6.58. The van der Waals surface area contributed by atoms with Gasteiger partial charge in [0, 0.05) is 41.9 Å². The van der Waals surface area contributed by atoms with Crippen LogP contribution in [0.25, 0.3) is 0 Å². The Balaban J connectivity index is 0.00000342. The lowest BCUT2D eigenvalue weighted by molar-refractivity contribution is 0.0962. The predicted molar refractivity (Wildman–Crippen MR) is 145 cm³/mol. The average Bonchev–Trinajstić information content (AvgIpc) is 3.07. The number of benzene rings is 1. The van der Waals surface area contributed by atoms with Crippen molar-refractivity contribution in [3.63, 3.8) is 0 Å². The molecule has 1 saturated heterocycles. The van der Waals surface area contributed by atoms with Gasteiger partial charge < -0.3 is 19.6 Å². The molecule has 2 aromatic rings. The molecule has 0 saturated carbocycles. The number of hydrogen-bond donors (Lipinski definition) is 2. The Morgan fingerprint density at radius 3 is 2.17 bits per heavy atom. The maximum absolute atomic E-state index is 13.4. The van der Waals surface area contributed by atoms with Gasteiger partial charge in [-0.2, -0.15) is 0 Å². The van der Waals surface area contributed by atoms with Gasteiger partial charge in [0.25, 0.3) is 0 Å². The van der Waals surface area contributed by atoms with E-state index in [-0.39, 0.29) is 51.7 Å². The number of rotatable bonds is 4. The number of aromatic nitrogens is 1. The second kappa shape index (κ2) is 9.90. The standard InChI is InChI=1S/C27H36N4O3.BrH/c1-26(2,3)19-13-18(14-20(24(19)33)27(4,5)6)21(32)16-31-15-17-7-8-22(29-23(17)25(31)28)30-9-11-34-12-10-30;/h7-8,13-14,28,33H,9-12,15-16H2,1-6H3;1H. The van der Waals surface area contributed by atoms with E-state index in [4.69, 9.17) is 15.1 Å². The summed E-state index contributed by atoms with van der Waals surface area (Å²) in [6.07, 6.45) is 0. The first-order valence-corrected chi connectivity index (χ1v) is 11.9. The van der Waals surface area contributed by atoms with Crippen LogP contribution in [0.4, 0.5) is 5.82 Å². The second-order valence-electron chi connectivity index (χ2n) is 11.3. The van der Waals surface area contributed by atoms with Crippen LogP contribution < -0.4 is 4.90 Å². The van der Waals surface area contributed by atoms with Gasteiger partial charge in [0.05, 0.1) is 19.8 Å². The van der Waals surface area contributed by atoms with Crippen LogP contribution >= 0.6 is 17.0 Å². The molecule has 8 heteroatoms. The lowest BCUT2D eigenvalue weighted by atomic mass is 9.78. The van der Waals surface area contributed by atoms with Crippen LogP contribution in [0, 0.1) is 5.41 Å². The molecule has 0 spiro atoms. The van der Waals surface area contributed by atoms with E-state index in [0.29, 0.717) is 31.0 Å². The van der Waals surface area contributed by atoms with Crippen molar-refractivity contribution in [2.75, 3.05) is 37.7 Å². The van der Waals surface area contributed by atoms with Gasteiger partial charge in [-0.25, -0.2) is 4.98 Å². The monoisotopic (exact) mass is 544 g/mol. The summed E-state index contributed by atoms with van der Waals surface area (Å²) in [6, 6.07) is 7.64. The average molecular weight is 546 g/mol. The first kappa shape index (κ1) is 27.1. The summed E-state index contributed by atoms with van der Waals surface area (Å²) < 4.78 is 5.43. The lowest BCUT2D eigenvalue weighted by Crippen LogP contribution is -2.37. The first-order chi connectivity index (χ1) is 15.9. The fourth-order valence-corrected chi connectivity index (χ4v) is 4.55. The Morgan fingerprint density at radius 2 is 1.63 bits per heavy atom. The minimum absolute atomic E-state index is 0. The van der Waals surface area contributed by atoms with Gasteiger partial charge in [0.15, 0.2) is 5.78 Å². The Morgan fingerprint density at radius 1 is 1.06 bits per heavy atom. The predicted octanol–water partition coefficient (Wildman–Crippen LogP) is 4.82. The Hall–Kier alpha value is -2.45. The largest absolute Gasteiger partial charge is 0.507 e. The van der Waals surface area contributed by atoms with E-state index < -0.39 is 0 Å². The molecule has 0 atom stereocenters. The van der Waals surface area contributed by atoms with Gasteiger partial charge >= 0.3 is 0 Å². The van der Waals surface area contributed by atoms with Crippen LogP contribution in [0.2, 0.25) is 0 Å². The molecule has 1 aromatic carbocycles. The number of Topliss-reactive ketones (excluding diaryl/α,β-unsaturated/α-hetero) is 1. The number of carbonyl (C=O) groups excluding carboxylic acids is 1. The van der Waals surface area contributed by atoms with E-state index in [1.54, 1.807) is 4.90 Å². The highest BCUT2D eigenvalue weighted by molar-refractivity contribution is 8.93. The number of carbonyl (C=O) groups is 1. The van der Waals surface area contributed by atoms with Gasteiger partial charge in [-0.3, -0.25) is 10.2 Å². The highest BCUT2D eigenvalue weighted by atomic mass is 79.9. The van der Waals surface area contributed by atoms with E-state index in [1.807, 2.05) is 65.8 Å². The van der Waals surface area contributed by atoms with Gasteiger partial charge in [0.1, 0.15) is 23.1 Å². The third-order valence-corrected chi connectivity index (χ3v) is 6.58. The zero-order valence-corrected chi connectivity index (χ0v) is 23.3. The number of aromatic hydroxyl groups is 1. The molecule has 2 aliphatic rings. The van der Waals surface area contributed by atoms with Crippen molar-refractivity contribution >= 4 is 34.4 Å². The van der Waals surface area contributed by atoms with Crippen LogP contribution in [0.15, 0.2) is 24.3 Å². The molecule has 2 aliphatic heterocycles. The van der Waals surface area contributed by atoms with Crippen LogP contribution in [-0.4, -0.2) is 59.5 Å². The Kier molecular flexibility index (Phi) is 7.67. The van der Waals surface area contributed by atoms with Crippen molar-refractivity contribution < 1.29 is 14.6 Å². The summed E-state index contributed by atoms with van der Waals surface area (Å²) in [5.74, 6) is 1.33. The number of hydrogen-bond acceptors (Lipinski definition) is 6. The lowest BCUT2D eigenvalue weighted by Gasteiger charge is -2.28. The maximum Gasteiger partial charge on any atom is 0.182 e. The number of nitrogens with one attached hydrogen (secondary N) is 1. The Bertz CT molecular complexity index is 1090. The molecule has 1 fully saturated rings. The number of phenolic OH excluding ortho intramolecular Hbond substituents is 1. The van der Waals surface area contributed by atoms with Crippen molar-refractivity contribution in [3.8, 4) is 5.75 Å². The quantitative estimate of drug-likeness (QED) is 0.536. The summed E-state index contributed by atoms with van der Waals surface area (Å²) in [5, 5.41) is 19.7. The molecule has 7 nitrogen and oxygen atoms in total. The zero-order chi connectivity index (χ0) is 24.8. The molecule has 0 unspecified atom stereocenters. The van der Waals surface area contributed by atoms with Gasteiger partial charge in [-0.05, 0) is 29.0 Å². The summed E-state index contributed by atoms with van der Waals surface area (Å²) in [6.45, 7) is 15.7. The molecule has 35 heavy (non-hydrogen) atoms. The highest BCUT2D eigenvalue weighted by Crippen LogP contribution is 2.40. The SMILES string of the molecule is Br.CC(C)(C)c1cc(C(=O)CN2Cc3ccc(N4CCOCC4)nc3C2=N)cc(C(C)(C)C)c1O. The number of ketones is 1. The number of fused-ring (bicyclic) bond motifs is 1. The highest BCUT2D eigenvalue weighted by Gasteiger charge is 2.31. The smallest absolute Gasteiger partial charge is 0.182 e. The summed E-state index contributed by atoms with van der Waals surface area (Å²) in [7, 11) is 0. The number of morpholine rings is 1. The minimum Gasteiger partial charge on any atom is -0.507 e. The second-order valence-corrected chi connectivity index (χ2v) is 11.3. The summed E-state index contributed by atoms with van der Waals surface area (Å²) >= 11 is 0. The molecular formula is C27H37BrN4O3. The molecule has 0 aliphatic carbocycles. The minimum atomic E-state index is -0.309. The van der Waals surface area contributed by atoms with Crippen LogP contribution in [0.1, 0.15) is 74.3 Å². The van der Waals surface area contributed by atoms with Crippen LogP contribution in [0.3, 0.4) is 0 Å². The van der Waals surface area contributed by atoms with Gasteiger partial charge in [-0.1, -0.05) is 47.6 Å². The van der Waals surface area contributed by atoms with Crippen molar-refractivity contribution in [1.29, 1.82) is 5.41 Å². The fraction of sp³-hybridized carbons (Fsp3) is 0.519. The molecule has 190 valence electrons. The summed E-state index contributed by atoms with van der Waals surface area (Å²) in [4.78, 5) is 22.1. The van der Waals surface area contributed by atoms with Crippen molar-refractivity contribution in [3.05, 3.63) is 52.2 Å². The molecule has 2 N–H and O–H groups in total. The maximum atomic E-state index is 13.4. The molecule has 0 amide bonds. The number of phenols is 1. The third kappa shape index (κ3) is 5.54. The van der Waals surface area contributed by atoms with Crippen molar-refractivity contribution in [2.45, 2.75) is 58.9 Å². The fourth-order valence-electron chi connectivity index (χ4n) is 4.55. The van der Waals surface area contributed by atoms with E-state index in [2.05, 4.69) is 4.90 Å². The zero-order valence-electron chi connectivity index (χ0n) is 21.6. The number of pyridine rings is 1. The van der Waals surface area contributed by atoms with E-state index in [1.165, 1.54) is 0 Å². The summed E-state index contributed by atoms with van der Waals surface area (Å²) in [5.41, 5.74) is 3.09. The number of amidine groups is 1. The van der Waals surface area contributed by atoms with Crippen molar-refractivity contribution in [2.24, 2.45) is 0 Å². The van der Waals surface area contributed by atoms with Gasteiger partial charge in [0.2, 0.25) is 0 Å². The van der Waals surface area contributed by atoms with Gasteiger partial charge in [-0.15, -0.1) is 17.0 Å². The Labute approximate surface area is 218 Å². The molecule has 1 aromatic heterocycles. The number of ether oxygens (including phenoxy) is 1. The van der Waals surface area contributed by atoms with E-state index in [0.717, 1.165) is 35.6 Å². The van der Waals surface area contributed by atoms with Crippen molar-refractivity contribution in [1.82, 2.24) is 9.88 Å². The number of halogens is 1. The first-order valence-electron chi connectivity index (χ1n) is 11.9. The van der Waals surface area contributed by atoms with Crippen LogP contribution in [-0.2, 0) is 22.1 Å². The van der Waals surface area contributed by atoms with E-state index in [9.17, 15) is 9.90 Å². The van der Waals surface area contributed by atoms with E-state index >= 15 is 0 Å². The molecule has 0 radical (unpaired) electrons. The van der Waals surface area contributed by atoms with Crippen LogP contribution in [0.5, 0.6) is 5.75 Å². The number of anilines is 1. The molecule has 4 rings (SSSR count). The number of nitrogens with zero attached hydrogens (tertiary/aromatic N) is 3. The molecule has 3 heterocycles. The molecular weight excluding hydrogens is 508 g/mol. The topological polar surface area (TPSA) is 89.8 Å².